The molecular weight excluding hydrogens is 194 g/mol. The number of nitrogen functional groups attached to an aromatic ring is 1. The number of carbonyl (C=O) groups is 1. The predicted molar refractivity (Wildman–Crippen MR) is 57.6 cm³/mol. The number of hydrogen-bond acceptors (Lipinski definition) is 4. The highest BCUT2D eigenvalue weighted by Gasteiger charge is 2.19. The van der Waals surface area contributed by atoms with E-state index in [9.17, 15) is 4.79 Å². The van der Waals surface area contributed by atoms with Gasteiger partial charge in [0.2, 0.25) is 0 Å². The molecule has 1 heterocycles. The van der Waals surface area contributed by atoms with Gasteiger partial charge in [-0.2, -0.15) is 0 Å². The molecule has 0 amide bonds. The Kier molecular flexibility index (Phi) is 3.71. The molecule has 0 bridgehead atoms. The minimum absolute atomic E-state index is 0.225. The molecule has 0 radical (unpaired) electrons. The molecule has 0 aliphatic rings. The number of imidazole rings is 1. The zero-order valence-electron chi connectivity index (χ0n) is 9.41. The van der Waals surface area contributed by atoms with Crippen molar-refractivity contribution in [3.8, 4) is 0 Å². The first kappa shape index (κ1) is 11.6. The Bertz CT molecular complexity index is 358. The Morgan fingerprint density at radius 1 is 1.53 bits per heavy atom. The molecule has 0 saturated carbocycles. The van der Waals surface area contributed by atoms with Crippen molar-refractivity contribution in [2.45, 2.75) is 33.2 Å². The fourth-order valence-corrected chi connectivity index (χ4v) is 1.50. The van der Waals surface area contributed by atoms with Crippen LogP contribution in [0.5, 0.6) is 0 Å². The van der Waals surface area contributed by atoms with Crippen LogP contribution in [0, 0.1) is 0 Å². The number of nitrogens with two attached hydrogens (primary N) is 1. The third kappa shape index (κ3) is 2.11. The first-order valence-corrected chi connectivity index (χ1v) is 5.08. The van der Waals surface area contributed by atoms with Crippen molar-refractivity contribution in [2.75, 3.05) is 12.8 Å². The minimum atomic E-state index is -0.475. The molecule has 0 aliphatic carbocycles. The average molecular weight is 211 g/mol. The highest BCUT2D eigenvalue weighted by Crippen LogP contribution is 2.16. The lowest BCUT2D eigenvalue weighted by Crippen LogP contribution is -2.09. The summed E-state index contributed by atoms with van der Waals surface area (Å²) in [5, 5.41) is 0. The molecule has 1 aromatic rings. The van der Waals surface area contributed by atoms with Crippen LogP contribution in [-0.4, -0.2) is 22.6 Å². The van der Waals surface area contributed by atoms with Crippen molar-refractivity contribution in [3.63, 3.8) is 0 Å². The van der Waals surface area contributed by atoms with Gasteiger partial charge in [0.1, 0.15) is 11.6 Å². The SMILES string of the molecule is CCCn1c(CC)nc(C(=O)OC)c1N. The molecular formula is C10H17N3O2. The smallest absolute Gasteiger partial charge is 0.360 e. The minimum Gasteiger partial charge on any atom is -0.464 e. The summed E-state index contributed by atoms with van der Waals surface area (Å²) in [6, 6.07) is 0. The van der Waals surface area contributed by atoms with E-state index in [1.807, 2.05) is 11.5 Å². The molecule has 0 unspecified atom stereocenters. The lowest BCUT2D eigenvalue weighted by molar-refractivity contribution is 0.0595. The molecule has 0 aliphatic heterocycles. The molecule has 0 fully saturated rings. The van der Waals surface area contributed by atoms with Gasteiger partial charge in [-0.1, -0.05) is 13.8 Å². The molecule has 84 valence electrons. The Balaban J connectivity index is 3.15. The summed E-state index contributed by atoms with van der Waals surface area (Å²) in [5.74, 6) is 0.757. The average Bonchev–Trinajstić information content (AvgIpc) is 2.56. The molecule has 2 N–H and O–H groups in total. The van der Waals surface area contributed by atoms with E-state index in [1.54, 1.807) is 0 Å². The van der Waals surface area contributed by atoms with Crippen LogP contribution in [0.4, 0.5) is 5.82 Å². The molecule has 1 rings (SSSR count). The number of ether oxygens (including phenoxy) is 1. The van der Waals surface area contributed by atoms with Crippen molar-refractivity contribution in [1.82, 2.24) is 9.55 Å². The Morgan fingerprint density at radius 2 is 2.20 bits per heavy atom. The highest BCUT2D eigenvalue weighted by atomic mass is 16.5. The number of aryl methyl sites for hydroxylation is 1. The van der Waals surface area contributed by atoms with E-state index in [0.29, 0.717) is 5.82 Å². The van der Waals surface area contributed by atoms with Crippen LogP contribution in [-0.2, 0) is 17.7 Å². The quantitative estimate of drug-likeness (QED) is 0.760. The van der Waals surface area contributed by atoms with Crippen LogP contribution in [0.3, 0.4) is 0 Å². The van der Waals surface area contributed by atoms with E-state index < -0.39 is 5.97 Å². The van der Waals surface area contributed by atoms with Crippen LogP contribution in [0.1, 0.15) is 36.6 Å². The predicted octanol–water partition coefficient (Wildman–Crippen LogP) is 1.22. The van der Waals surface area contributed by atoms with Crippen LogP contribution in [0.15, 0.2) is 0 Å². The van der Waals surface area contributed by atoms with Gasteiger partial charge >= 0.3 is 5.97 Å². The molecule has 15 heavy (non-hydrogen) atoms. The number of esters is 1. The fraction of sp³-hybridized carbons (Fsp3) is 0.600. The van der Waals surface area contributed by atoms with Gasteiger partial charge in [0.05, 0.1) is 7.11 Å². The van der Waals surface area contributed by atoms with Gasteiger partial charge in [-0.15, -0.1) is 0 Å². The summed E-state index contributed by atoms with van der Waals surface area (Å²) in [7, 11) is 1.33. The lowest BCUT2D eigenvalue weighted by atomic mass is 10.4. The van der Waals surface area contributed by atoms with E-state index >= 15 is 0 Å². The zero-order valence-corrected chi connectivity index (χ0v) is 9.41. The van der Waals surface area contributed by atoms with Gasteiger partial charge in [-0.25, -0.2) is 9.78 Å². The van der Waals surface area contributed by atoms with Gasteiger partial charge in [0.25, 0.3) is 0 Å². The van der Waals surface area contributed by atoms with Gasteiger partial charge in [-0.05, 0) is 6.42 Å². The van der Waals surface area contributed by atoms with Crippen LogP contribution >= 0.6 is 0 Å². The first-order chi connectivity index (χ1) is 7.15. The van der Waals surface area contributed by atoms with Gasteiger partial charge in [-0.3, -0.25) is 0 Å². The molecule has 0 aromatic carbocycles. The van der Waals surface area contributed by atoms with E-state index in [1.165, 1.54) is 7.11 Å². The normalized spacial score (nSPS) is 10.3. The zero-order chi connectivity index (χ0) is 11.4. The molecule has 1 aromatic heterocycles. The Hall–Kier alpha value is -1.52. The third-order valence-electron chi connectivity index (χ3n) is 2.23. The monoisotopic (exact) mass is 211 g/mol. The summed E-state index contributed by atoms with van der Waals surface area (Å²) < 4.78 is 6.48. The van der Waals surface area contributed by atoms with Gasteiger partial charge < -0.3 is 15.0 Å². The Labute approximate surface area is 89.2 Å². The molecule has 5 nitrogen and oxygen atoms in total. The van der Waals surface area contributed by atoms with Crippen molar-refractivity contribution in [2.24, 2.45) is 0 Å². The van der Waals surface area contributed by atoms with Crippen LogP contribution < -0.4 is 5.73 Å². The summed E-state index contributed by atoms with van der Waals surface area (Å²) >= 11 is 0. The van der Waals surface area contributed by atoms with Crippen molar-refractivity contribution < 1.29 is 9.53 Å². The number of anilines is 1. The fourth-order valence-electron chi connectivity index (χ4n) is 1.50. The number of carbonyl (C=O) groups excluding carboxylic acids is 1. The molecule has 5 heteroatoms. The molecule has 0 spiro atoms. The number of methoxy groups -OCH3 is 1. The van der Waals surface area contributed by atoms with E-state index in [0.717, 1.165) is 25.2 Å². The van der Waals surface area contributed by atoms with Crippen molar-refractivity contribution in [1.29, 1.82) is 0 Å². The molecule has 0 saturated heterocycles. The first-order valence-electron chi connectivity index (χ1n) is 5.08. The maximum absolute atomic E-state index is 11.3. The van der Waals surface area contributed by atoms with E-state index in [2.05, 4.69) is 16.6 Å². The van der Waals surface area contributed by atoms with Gasteiger partial charge in [0, 0.05) is 13.0 Å². The summed E-state index contributed by atoms with van der Waals surface area (Å²) in [4.78, 5) is 15.5. The summed E-state index contributed by atoms with van der Waals surface area (Å²) in [5.41, 5.74) is 6.07. The maximum atomic E-state index is 11.3. The summed E-state index contributed by atoms with van der Waals surface area (Å²) in [6.45, 7) is 4.81. The Morgan fingerprint density at radius 3 is 2.67 bits per heavy atom. The number of aromatic nitrogens is 2. The second-order valence-corrected chi connectivity index (χ2v) is 3.26. The maximum Gasteiger partial charge on any atom is 0.360 e. The van der Waals surface area contributed by atoms with Crippen LogP contribution in [0.25, 0.3) is 0 Å². The van der Waals surface area contributed by atoms with Crippen LogP contribution in [0.2, 0.25) is 0 Å². The largest absolute Gasteiger partial charge is 0.464 e. The van der Waals surface area contributed by atoms with E-state index in [4.69, 9.17) is 5.73 Å². The summed E-state index contributed by atoms with van der Waals surface area (Å²) in [6.07, 6.45) is 1.70. The highest BCUT2D eigenvalue weighted by molar-refractivity contribution is 5.92. The van der Waals surface area contributed by atoms with E-state index in [-0.39, 0.29) is 5.69 Å². The lowest BCUT2D eigenvalue weighted by Gasteiger charge is -2.06. The van der Waals surface area contributed by atoms with Gasteiger partial charge in [0.15, 0.2) is 5.69 Å². The number of nitrogens with zero attached hydrogens (tertiary/aromatic N) is 2. The standard InChI is InChI=1S/C10H17N3O2/c1-4-6-13-7(5-2)12-8(9(13)11)10(14)15-3/h4-6,11H2,1-3H3. The number of hydrogen-bond donors (Lipinski definition) is 1. The topological polar surface area (TPSA) is 70.1 Å². The van der Waals surface area contributed by atoms with Crippen molar-refractivity contribution in [3.05, 3.63) is 11.5 Å². The molecule has 0 atom stereocenters. The second kappa shape index (κ2) is 4.82. The third-order valence-corrected chi connectivity index (χ3v) is 2.23. The second-order valence-electron chi connectivity index (χ2n) is 3.26. The van der Waals surface area contributed by atoms with Crippen molar-refractivity contribution >= 4 is 11.8 Å². The number of rotatable bonds is 4.